The second kappa shape index (κ2) is 4.85. The molecule has 0 aromatic carbocycles. The number of carboxylic acids is 1. The molecule has 0 aromatic rings. The molecule has 4 nitrogen and oxygen atoms in total. The Morgan fingerprint density at radius 3 is 1.94 bits per heavy atom. The number of carbonyl (C=O) groups is 2. The zero-order valence-corrected chi connectivity index (χ0v) is 8.28. The van der Waals surface area contributed by atoms with Crippen molar-refractivity contribution in [1.29, 1.82) is 0 Å². The summed E-state index contributed by atoms with van der Waals surface area (Å²) in [5, 5.41) is 9.33. The summed E-state index contributed by atoms with van der Waals surface area (Å²) >= 11 is 3.38. The molecule has 0 aliphatic heterocycles. The fourth-order valence-corrected chi connectivity index (χ4v) is 0.811. The Morgan fingerprint density at radius 2 is 1.69 bits per heavy atom. The number of hydrogen-bond acceptors (Lipinski definition) is 3. The molecule has 0 aliphatic carbocycles. The quantitative estimate of drug-likeness (QED) is 0.518. The minimum Gasteiger partial charge on any atom is -0.480 e. The average molecular weight is 267 g/mol. The van der Waals surface area contributed by atoms with E-state index in [1.54, 1.807) is 0 Å². The van der Waals surface area contributed by atoms with Gasteiger partial charge in [-0.25, -0.2) is 4.79 Å². The third kappa shape index (κ3) is 3.22. The van der Waals surface area contributed by atoms with Crippen molar-refractivity contribution in [1.82, 2.24) is 5.32 Å². The smallest absolute Gasteiger partial charge is 0.463 e. The Morgan fingerprint density at radius 1 is 1.25 bits per heavy atom. The predicted molar refractivity (Wildman–Crippen MR) is 44.4 cm³/mol. The molecule has 0 aliphatic rings. The summed E-state index contributed by atoms with van der Waals surface area (Å²) in [5.74, 6) is -10.7. The van der Waals surface area contributed by atoms with Gasteiger partial charge in [-0.3, -0.25) is 4.79 Å². The molecule has 0 saturated carbocycles. The van der Waals surface area contributed by atoms with E-state index in [9.17, 15) is 31.5 Å². The van der Waals surface area contributed by atoms with Crippen molar-refractivity contribution in [3.8, 4) is 0 Å². The Kier molecular flexibility index (Phi) is 4.53. The van der Waals surface area contributed by atoms with Crippen LogP contribution in [0.5, 0.6) is 0 Å². The topological polar surface area (TPSA) is 66.4 Å². The molecule has 0 rings (SSSR count). The van der Waals surface area contributed by atoms with Crippen LogP contribution in [0, 0.1) is 0 Å². The van der Waals surface area contributed by atoms with E-state index in [4.69, 9.17) is 5.11 Å². The number of halogens is 5. The summed E-state index contributed by atoms with van der Waals surface area (Å²) in [7, 11) is 0. The molecule has 0 radical (unpaired) electrons. The highest BCUT2D eigenvalue weighted by atomic mass is 32.1. The number of alkyl halides is 5. The summed E-state index contributed by atoms with van der Waals surface area (Å²) in [6.45, 7) is 0. The zero-order chi connectivity index (χ0) is 13.1. The Labute approximate surface area is 91.2 Å². The van der Waals surface area contributed by atoms with Crippen LogP contribution in [-0.2, 0) is 9.59 Å². The standard InChI is InChI=1S/C6H6F5NO3S/c7-5(8,6(9,10)11)4(15)12-2(1-16)3(13)14/h2,16H,1H2,(H,12,15)(H,13,14). The van der Waals surface area contributed by atoms with Gasteiger partial charge in [0.1, 0.15) is 6.04 Å². The highest BCUT2D eigenvalue weighted by Crippen LogP contribution is 2.35. The summed E-state index contributed by atoms with van der Waals surface area (Å²) in [6.07, 6.45) is -6.07. The molecule has 1 atom stereocenters. The van der Waals surface area contributed by atoms with Gasteiger partial charge in [-0.15, -0.1) is 0 Å². The van der Waals surface area contributed by atoms with Crippen molar-refractivity contribution in [3.05, 3.63) is 0 Å². The van der Waals surface area contributed by atoms with E-state index in [1.165, 1.54) is 0 Å². The first-order valence-electron chi connectivity index (χ1n) is 3.63. The number of rotatable bonds is 4. The average Bonchev–Trinajstić information content (AvgIpc) is 2.11. The van der Waals surface area contributed by atoms with Crippen LogP contribution in [0.4, 0.5) is 22.0 Å². The number of carbonyl (C=O) groups excluding carboxylic acids is 1. The van der Waals surface area contributed by atoms with Gasteiger partial charge in [-0.1, -0.05) is 0 Å². The molecule has 0 aromatic heterocycles. The second-order valence-corrected chi connectivity index (χ2v) is 2.98. The minimum atomic E-state index is -6.07. The predicted octanol–water partition coefficient (Wildman–Crippen LogP) is 0.683. The van der Waals surface area contributed by atoms with Crippen molar-refractivity contribution in [2.24, 2.45) is 0 Å². The number of aliphatic carboxylic acids is 1. The molecular weight excluding hydrogens is 261 g/mol. The number of nitrogens with one attached hydrogen (secondary N) is 1. The Balaban J connectivity index is 4.76. The van der Waals surface area contributed by atoms with E-state index < -0.39 is 35.8 Å². The summed E-state index contributed by atoms with van der Waals surface area (Å²) < 4.78 is 59.6. The SMILES string of the molecule is O=C(O)C(CS)NC(=O)C(F)(F)C(F)(F)F. The molecule has 1 unspecified atom stereocenters. The normalized spacial score (nSPS) is 14.4. The molecular formula is C6H6F5NO3S. The van der Waals surface area contributed by atoms with Gasteiger partial charge < -0.3 is 10.4 Å². The lowest BCUT2D eigenvalue weighted by molar-refractivity contribution is -0.270. The monoisotopic (exact) mass is 267 g/mol. The molecule has 0 heterocycles. The van der Waals surface area contributed by atoms with Crippen molar-refractivity contribution in [2.45, 2.75) is 18.1 Å². The molecule has 16 heavy (non-hydrogen) atoms. The van der Waals surface area contributed by atoms with Gasteiger partial charge in [-0.05, 0) is 0 Å². The number of hydrogen-bond donors (Lipinski definition) is 3. The van der Waals surface area contributed by atoms with Gasteiger partial charge in [0.05, 0.1) is 0 Å². The van der Waals surface area contributed by atoms with E-state index in [0.29, 0.717) is 0 Å². The van der Waals surface area contributed by atoms with Crippen molar-refractivity contribution in [3.63, 3.8) is 0 Å². The number of thiol groups is 1. The zero-order valence-electron chi connectivity index (χ0n) is 7.39. The minimum absolute atomic E-state index is 0.616. The Hall–Kier alpha value is -1.06. The fraction of sp³-hybridized carbons (Fsp3) is 0.667. The first-order chi connectivity index (χ1) is 7.04. The molecule has 0 saturated heterocycles. The third-order valence-corrected chi connectivity index (χ3v) is 1.79. The molecule has 0 spiro atoms. The van der Waals surface area contributed by atoms with E-state index in [0.717, 1.165) is 5.32 Å². The van der Waals surface area contributed by atoms with Crippen LogP contribution >= 0.6 is 12.6 Å². The van der Waals surface area contributed by atoms with Gasteiger partial charge in [0.2, 0.25) is 0 Å². The van der Waals surface area contributed by atoms with E-state index in [-0.39, 0.29) is 0 Å². The molecule has 0 bridgehead atoms. The van der Waals surface area contributed by atoms with Crippen LogP contribution in [0.25, 0.3) is 0 Å². The van der Waals surface area contributed by atoms with Gasteiger partial charge in [0.15, 0.2) is 0 Å². The maximum absolute atomic E-state index is 12.3. The highest BCUT2D eigenvalue weighted by Gasteiger charge is 2.63. The molecule has 0 fully saturated rings. The van der Waals surface area contributed by atoms with Crippen molar-refractivity contribution >= 4 is 24.5 Å². The lowest BCUT2D eigenvalue weighted by atomic mass is 10.2. The second-order valence-electron chi connectivity index (χ2n) is 2.62. The van der Waals surface area contributed by atoms with Crippen molar-refractivity contribution in [2.75, 3.05) is 5.75 Å². The molecule has 2 N–H and O–H groups in total. The number of carboxylic acid groups (broad SMARTS) is 1. The van der Waals surface area contributed by atoms with Gasteiger partial charge in [0, 0.05) is 5.75 Å². The molecule has 10 heteroatoms. The third-order valence-electron chi connectivity index (χ3n) is 1.43. The van der Waals surface area contributed by atoms with Crippen LogP contribution in [0.1, 0.15) is 0 Å². The first kappa shape index (κ1) is 14.9. The maximum atomic E-state index is 12.3. The number of amides is 1. The van der Waals surface area contributed by atoms with Gasteiger partial charge in [0.25, 0.3) is 0 Å². The van der Waals surface area contributed by atoms with Crippen molar-refractivity contribution < 1.29 is 36.6 Å². The lowest BCUT2D eigenvalue weighted by Crippen LogP contribution is -2.55. The van der Waals surface area contributed by atoms with Crippen LogP contribution in [-0.4, -0.2) is 40.9 Å². The molecule has 94 valence electrons. The van der Waals surface area contributed by atoms with Crippen LogP contribution < -0.4 is 5.32 Å². The van der Waals surface area contributed by atoms with Gasteiger partial charge in [-0.2, -0.15) is 34.6 Å². The summed E-state index contributed by atoms with van der Waals surface area (Å²) in [6, 6.07) is -1.91. The van der Waals surface area contributed by atoms with Crippen LogP contribution in [0.2, 0.25) is 0 Å². The maximum Gasteiger partial charge on any atom is 0.463 e. The summed E-state index contributed by atoms with van der Waals surface area (Å²) in [5.41, 5.74) is 0. The Bertz CT molecular complexity index is 292. The van der Waals surface area contributed by atoms with Crippen LogP contribution in [0.3, 0.4) is 0 Å². The van der Waals surface area contributed by atoms with E-state index >= 15 is 0 Å². The fourth-order valence-electron chi connectivity index (χ4n) is 0.563. The molecule has 1 amide bonds. The van der Waals surface area contributed by atoms with Crippen LogP contribution in [0.15, 0.2) is 0 Å². The summed E-state index contributed by atoms with van der Waals surface area (Å²) in [4.78, 5) is 20.8. The highest BCUT2D eigenvalue weighted by molar-refractivity contribution is 7.80. The van der Waals surface area contributed by atoms with Gasteiger partial charge >= 0.3 is 24.0 Å². The first-order valence-corrected chi connectivity index (χ1v) is 4.26. The van der Waals surface area contributed by atoms with E-state index in [2.05, 4.69) is 12.6 Å². The largest absolute Gasteiger partial charge is 0.480 e. The van der Waals surface area contributed by atoms with E-state index in [1.807, 2.05) is 0 Å². The lowest BCUT2D eigenvalue weighted by Gasteiger charge is -2.20.